The van der Waals surface area contributed by atoms with Gasteiger partial charge in [0.25, 0.3) is 0 Å². The number of nitrogens with zero attached hydrogens (tertiary/aromatic N) is 1. The molecule has 3 nitrogen and oxygen atoms in total. The maximum absolute atomic E-state index is 11.5. The molecule has 0 heterocycles. The predicted molar refractivity (Wildman–Crippen MR) is 59.4 cm³/mol. The van der Waals surface area contributed by atoms with Crippen LogP contribution in [0.2, 0.25) is 0 Å². The Labute approximate surface area is 90.6 Å². The Bertz CT molecular complexity index is 361. The van der Waals surface area contributed by atoms with Gasteiger partial charge in [0.15, 0.2) is 0 Å². The van der Waals surface area contributed by atoms with E-state index in [0.717, 1.165) is 5.56 Å². The molecule has 0 spiro atoms. The van der Waals surface area contributed by atoms with Gasteiger partial charge in [-0.1, -0.05) is 18.2 Å². The molecule has 0 aliphatic rings. The highest BCUT2D eigenvalue weighted by Crippen LogP contribution is 2.10. The van der Waals surface area contributed by atoms with Crippen LogP contribution in [0.4, 0.5) is 0 Å². The summed E-state index contributed by atoms with van der Waals surface area (Å²) in [7, 11) is 3.10. The second-order valence-electron chi connectivity index (χ2n) is 3.67. The summed E-state index contributed by atoms with van der Waals surface area (Å²) in [5.74, 6) is -0.0410. The maximum atomic E-state index is 11.5. The fourth-order valence-electron chi connectivity index (χ4n) is 1.30. The molecule has 0 atom stereocenters. The standard InChI is InChI=1S/C12H17NO2/c1-9-5-6-11(7-10(9)2)8-12(14)13(3)15-4/h5-7H,8H2,1-4H3. The van der Waals surface area contributed by atoms with Gasteiger partial charge in [0.2, 0.25) is 5.91 Å². The van der Waals surface area contributed by atoms with Gasteiger partial charge in [-0.3, -0.25) is 9.63 Å². The van der Waals surface area contributed by atoms with Crippen molar-refractivity contribution in [3.63, 3.8) is 0 Å². The molecular weight excluding hydrogens is 190 g/mol. The minimum absolute atomic E-state index is 0.0410. The number of aryl methyl sites for hydroxylation is 2. The van der Waals surface area contributed by atoms with Crippen molar-refractivity contribution >= 4 is 5.91 Å². The molecule has 0 aromatic heterocycles. The summed E-state index contributed by atoms with van der Waals surface area (Å²) < 4.78 is 0. The molecule has 3 heteroatoms. The van der Waals surface area contributed by atoms with Crippen LogP contribution in [0.1, 0.15) is 16.7 Å². The van der Waals surface area contributed by atoms with Crippen LogP contribution in [0.15, 0.2) is 18.2 Å². The van der Waals surface area contributed by atoms with Crippen LogP contribution in [0.25, 0.3) is 0 Å². The monoisotopic (exact) mass is 207 g/mol. The summed E-state index contributed by atoms with van der Waals surface area (Å²) in [6, 6.07) is 6.05. The lowest BCUT2D eigenvalue weighted by Crippen LogP contribution is -2.26. The van der Waals surface area contributed by atoms with Crippen molar-refractivity contribution in [1.29, 1.82) is 0 Å². The average Bonchev–Trinajstić information content (AvgIpc) is 2.22. The first-order valence-electron chi connectivity index (χ1n) is 4.91. The third-order valence-electron chi connectivity index (χ3n) is 2.55. The molecule has 0 aliphatic heterocycles. The summed E-state index contributed by atoms with van der Waals surface area (Å²) in [4.78, 5) is 16.4. The lowest BCUT2D eigenvalue weighted by Gasteiger charge is -2.13. The zero-order valence-electron chi connectivity index (χ0n) is 9.70. The van der Waals surface area contributed by atoms with E-state index in [1.54, 1.807) is 7.05 Å². The van der Waals surface area contributed by atoms with Gasteiger partial charge >= 0.3 is 0 Å². The van der Waals surface area contributed by atoms with Crippen molar-refractivity contribution < 1.29 is 9.63 Å². The molecule has 0 N–H and O–H groups in total. The number of rotatable bonds is 3. The minimum atomic E-state index is -0.0410. The number of hydrogen-bond donors (Lipinski definition) is 0. The van der Waals surface area contributed by atoms with Gasteiger partial charge in [0.1, 0.15) is 0 Å². The molecule has 0 unspecified atom stereocenters. The third kappa shape index (κ3) is 3.06. The number of carbonyl (C=O) groups excluding carboxylic acids is 1. The van der Waals surface area contributed by atoms with Crippen LogP contribution in [0.3, 0.4) is 0 Å². The fraction of sp³-hybridized carbons (Fsp3) is 0.417. The molecule has 15 heavy (non-hydrogen) atoms. The summed E-state index contributed by atoms with van der Waals surface area (Å²) >= 11 is 0. The van der Waals surface area contributed by atoms with Gasteiger partial charge < -0.3 is 0 Å². The van der Waals surface area contributed by atoms with Gasteiger partial charge in [-0.25, -0.2) is 5.06 Å². The van der Waals surface area contributed by atoms with E-state index in [2.05, 4.69) is 6.92 Å². The van der Waals surface area contributed by atoms with Crippen molar-refractivity contribution in [1.82, 2.24) is 5.06 Å². The van der Waals surface area contributed by atoms with Crippen LogP contribution >= 0.6 is 0 Å². The van der Waals surface area contributed by atoms with E-state index < -0.39 is 0 Å². The molecule has 1 amide bonds. The fourth-order valence-corrected chi connectivity index (χ4v) is 1.30. The highest BCUT2D eigenvalue weighted by molar-refractivity contribution is 5.77. The topological polar surface area (TPSA) is 29.5 Å². The number of hydroxylamine groups is 2. The minimum Gasteiger partial charge on any atom is -0.275 e. The first kappa shape index (κ1) is 11.7. The first-order valence-corrected chi connectivity index (χ1v) is 4.91. The lowest BCUT2D eigenvalue weighted by atomic mass is 10.0. The van der Waals surface area contributed by atoms with Crippen molar-refractivity contribution in [2.75, 3.05) is 14.2 Å². The Morgan fingerprint density at radius 1 is 1.33 bits per heavy atom. The first-order chi connectivity index (χ1) is 7.04. The van der Waals surface area contributed by atoms with E-state index >= 15 is 0 Å². The summed E-state index contributed by atoms with van der Waals surface area (Å²) in [6.45, 7) is 4.10. The average molecular weight is 207 g/mol. The molecule has 0 fully saturated rings. The zero-order valence-corrected chi connectivity index (χ0v) is 9.70. The van der Waals surface area contributed by atoms with Gasteiger partial charge in [-0.15, -0.1) is 0 Å². The van der Waals surface area contributed by atoms with Crippen molar-refractivity contribution in [2.45, 2.75) is 20.3 Å². The number of carbonyl (C=O) groups is 1. The molecular formula is C12H17NO2. The number of likely N-dealkylation sites (N-methyl/N-ethyl adjacent to an activating group) is 1. The molecule has 1 aromatic rings. The molecule has 0 saturated carbocycles. The van der Waals surface area contributed by atoms with Gasteiger partial charge in [-0.05, 0) is 30.5 Å². The van der Waals surface area contributed by atoms with Crippen LogP contribution in [-0.2, 0) is 16.1 Å². The zero-order chi connectivity index (χ0) is 11.4. The molecule has 1 rings (SSSR count). The number of hydrogen-bond acceptors (Lipinski definition) is 2. The summed E-state index contributed by atoms with van der Waals surface area (Å²) in [5.41, 5.74) is 3.47. The van der Waals surface area contributed by atoms with E-state index in [0.29, 0.717) is 6.42 Å². The second kappa shape index (κ2) is 4.94. The largest absolute Gasteiger partial charge is 0.275 e. The maximum Gasteiger partial charge on any atom is 0.250 e. The number of benzene rings is 1. The summed E-state index contributed by atoms with van der Waals surface area (Å²) in [5, 5.41) is 1.25. The van der Waals surface area contributed by atoms with E-state index in [1.165, 1.54) is 23.3 Å². The Balaban J connectivity index is 2.73. The van der Waals surface area contributed by atoms with Crippen LogP contribution in [-0.4, -0.2) is 25.1 Å². The Hall–Kier alpha value is -1.35. The quantitative estimate of drug-likeness (QED) is 0.708. The molecule has 82 valence electrons. The Morgan fingerprint density at radius 2 is 2.00 bits per heavy atom. The molecule has 0 radical (unpaired) electrons. The number of amides is 1. The van der Waals surface area contributed by atoms with E-state index in [1.807, 2.05) is 25.1 Å². The van der Waals surface area contributed by atoms with Gasteiger partial charge in [-0.2, -0.15) is 0 Å². The van der Waals surface area contributed by atoms with Crippen LogP contribution in [0.5, 0.6) is 0 Å². The normalized spacial score (nSPS) is 10.1. The molecule has 1 aromatic carbocycles. The second-order valence-corrected chi connectivity index (χ2v) is 3.67. The van der Waals surface area contributed by atoms with Crippen LogP contribution in [0, 0.1) is 13.8 Å². The van der Waals surface area contributed by atoms with Gasteiger partial charge in [0.05, 0.1) is 13.5 Å². The van der Waals surface area contributed by atoms with E-state index in [9.17, 15) is 4.79 Å². The third-order valence-corrected chi connectivity index (χ3v) is 2.55. The van der Waals surface area contributed by atoms with Crippen molar-refractivity contribution in [2.24, 2.45) is 0 Å². The van der Waals surface area contributed by atoms with Crippen LogP contribution < -0.4 is 0 Å². The molecule has 0 bridgehead atoms. The molecule has 0 saturated heterocycles. The van der Waals surface area contributed by atoms with Gasteiger partial charge in [0, 0.05) is 7.05 Å². The smallest absolute Gasteiger partial charge is 0.250 e. The summed E-state index contributed by atoms with van der Waals surface area (Å²) in [6.07, 6.45) is 0.380. The predicted octanol–water partition coefficient (Wildman–Crippen LogP) is 1.87. The Morgan fingerprint density at radius 3 is 2.53 bits per heavy atom. The SMILES string of the molecule is CON(C)C(=O)Cc1ccc(C)c(C)c1. The molecule has 0 aliphatic carbocycles. The highest BCUT2D eigenvalue weighted by atomic mass is 16.7. The highest BCUT2D eigenvalue weighted by Gasteiger charge is 2.08. The van der Waals surface area contributed by atoms with Crippen molar-refractivity contribution in [3.05, 3.63) is 34.9 Å². The Kier molecular flexibility index (Phi) is 3.86. The van der Waals surface area contributed by atoms with E-state index in [-0.39, 0.29) is 5.91 Å². The van der Waals surface area contributed by atoms with E-state index in [4.69, 9.17) is 4.84 Å². The lowest BCUT2D eigenvalue weighted by molar-refractivity contribution is -0.167. The van der Waals surface area contributed by atoms with Crippen molar-refractivity contribution in [3.8, 4) is 0 Å².